The Labute approximate surface area is 186 Å². The highest BCUT2D eigenvalue weighted by molar-refractivity contribution is 7.89. The number of esters is 1. The minimum Gasteiger partial charge on any atom is -0.451 e. The molecule has 0 radical (unpaired) electrons. The van der Waals surface area contributed by atoms with Crippen molar-refractivity contribution in [2.75, 3.05) is 5.32 Å². The summed E-state index contributed by atoms with van der Waals surface area (Å²) in [6.45, 7) is 2.55. The third-order valence-electron chi connectivity index (χ3n) is 3.72. The van der Waals surface area contributed by atoms with Crippen molar-refractivity contribution in [3.8, 4) is 0 Å². The molecule has 4 N–H and O–H groups in total. The first-order valence-electron chi connectivity index (χ1n) is 8.28. The lowest BCUT2D eigenvalue weighted by Gasteiger charge is -2.17. The molecule has 2 amide bonds. The molecular formula is C17H17Cl2N3O6S2. The Morgan fingerprint density at radius 1 is 1.13 bits per heavy atom. The van der Waals surface area contributed by atoms with Gasteiger partial charge in [-0.05, 0) is 43.5 Å². The van der Waals surface area contributed by atoms with Crippen LogP contribution in [0, 0.1) is 0 Å². The van der Waals surface area contributed by atoms with Crippen LogP contribution in [0.5, 0.6) is 0 Å². The van der Waals surface area contributed by atoms with Gasteiger partial charge in [0.05, 0.1) is 20.5 Å². The number of amides is 2. The Bertz CT molecular complexity index is 1090. The molecule has 1 aromatic heterocycles. The molecule has 1 unspecified atom stereocenters. The molecule has 2 atom stereocenters. The number of thiophene rings is 1. The van der Waals surface area contributed by atoms with E-state index in [0.717, 1.165) is 17.4 Å². The van der Waals surface area contributed by atoms with Gasteiger partial charge in [0.2, 0.25) is 10.0 Å². The second-order valence-electron chi connectivity index (χ2n) is 6.01. The second kappa shape index (κ2) is 9.75. The fourth-order valence-corrected chi connectivity index (χ4v) is 4.51. The summed E-state index contributed by atoms with van der Waals surface area (Å²) in [5.74, 6) is -2.42. The summed E-state index contributed by atoms with van der Waals surface area (Å²) in [6.07, 6.45) is -1.27. The number of rotatable bonds is 8. The Kier molecular flexibility index (Phi) is 7.83. The SMILES string of the molecule is CC(OC(=O)[C@@H](C)NS(=O)(=O)c1ccc(Cl)c(Cl)c1)C(=O)Nc1sccc1C(N)=O. The number of nitrogens with one attached hydrogen (secondary N) is 2. The van der Waals surface area contributed by atoms with Crippen molar-refractivity contribution in [2.24, 2.45) is 5.73 Å². The van der Waals surface area contributed by atoms with Crippen molar-refractivity contribution < 1.29 is 27.5 Å². The molecule has 0 saturated heterocycles. The van der Waals surface area contributed by atoms with Crippen LogP contribution in [-0.4, -0.2) is 38.3 Å². The number of anilines is 1. The van der Waals surface area contributed by atoms with Gasteiger partial charge in [0, 0.05) is 0 Å². The number of primary amides is 1. The van der Waals surface area contributed by atoms with Gasteiger partial charge in [-0.25, -0.2) is 8.42 Å². The molecule has 0 saturated carbocycles. The van der Waals surface area contributed by atoms with E-state index in [1.807, 2.05) is 0 Å². The van der Waals surface area contributed by atoms with Gasteiger partial charge < -0.3 is 15.8 Å². The molecule has 9 nitrogen and oxygen atoms in total. The standard InChI is InChI=1S/C17H17Cl2N3O6S2/c1-8(22-30(26,27)10-3-4-12(18)13(19)7-10)17(25)28-9(2)15(24)21-16-11(14(20)23)5-6-29-16/h3-9,22H,1-2H3,(H2,20,23)(H,21,24)/t8-,9?/m1/s1. The fourth-order valence-electron chi connectivity index (χ4n) is 2.14. The van der Waals surface area contributed by atoms with Crippen LogP contribution < -0.4 is 15.8 Å². The first-order chi connectivity index (χ1) is 13.9. The van der Waals surface area contributed by atoms with Crippen molar-refractivity contribution in [3.05, 3.63) is 45.3 Å². The summed E-state index contributed by atoms with van der Waals surface area (Å²) in [5.41, 5.74) is 5.33. The number of halogens is 2. The lowest BCUT2D eigenvalue weighted by molar-refractivity contribution is -0.154. The van der Waals surface area contributed by atoms with Gasteiger partial charge in [-0.2, -0.15) is 4.72 Å². The minimum atomic E-state index is -4.10. The van der Waals surface area contributed by atoms with Crippen LogP contribution in [0.25, 0.3) is 0 Å². The van der Waals surface area contributed by atoms with Crippen LogP contribution in [0.15, 0.2) is 34.5 Å². The van der Waals surface area contributed by atoms with Gasteiger partial charge in [-0.3, -0.25) is 14.4 Å². The molecule has 0 aliphatic rings. The number of sulfonamides is 1. The normalized spacial score (nSPS) is 13.3. The molecule has 1 aromatic carbocycles. The Morgan fingerprint density at radius 3 is 2.40 bits per heavy atom. The smallest absolute Gasteiger partial charge is 0.324 e. The summed E-state index contributed by atoms with van der Waals surface area (Å²) in [4.78, 5) is 35.5. The van der Waals surface area contributed by atoms with Crippen LogP contribution in [0.2, 0.25) is 10.0 Å². The Balaban J connectivity index is 2.00. The van der Waals surface area contributed by atoms with Crippen molar-refractivity contribution in [2.45, 2.75) is 30.9 Å². The summed E-state index contributed by atoms with van der Waals surface area (Å²) in [7, 11) is -4.10. The summed E-state index contributed by atoms with van der Waals surface area (Å²) < 4.78 is 32.0. The van der Waals surface area contributed by atoms with Crippen LogP contribution in [0.3, 0.4) is 0 Å². The molecule has 2 rings (SSSR count). The summed E-state index contributed by atoms with van der Waals surface area (Å²) >= 11 is 12.7. The lowest BCUT2D eigenvalue weighted by atomic mass is 10.3. The first kappa shape index (κ1) is 24.1. The number of hydrogen-bond acceptors (Lipinski definition) is 7. The maximum Gasteiger partial charge on any atom is 0.324 e. The van der Waals surface area contributed by atoms with Crippen LogP contribution in [0.1, 0.15) is 24.2 Å². The molecule has 0 bridgehead atoms. The lowest BCUT2D eigenvalue weighted by Crippen LogP contribution is -2.42. The van der Waals surface area contributed by atoms with E-state index in [-0.39, 0.29) is 25.5 Å². The van der Waals surface area contributed by atoms with Crippen LogP contribution in [-0.2, 0) is 24.3 Å². The molecular weight excluding hydrogens is 477 g/mol. The van der Waals surface area contributed by atoms with E-state index in [4.69, 9.17) is 33.7 Å². The van der Waals surface area contributed by atoms with E-state index in [0.29, 0.717) is 0 Å². The Hall–Kier alpha value is -2.18. The van der Waals surface area contributed by atoms with E-state index < -0.39 is 40.0 Å². The molecule has 162 valence electrons. The molecule has 2 aromatic rings. The van der Waals surface area contributed by atoms with Gasteiger partial charge in [-0.15, -0.1) is 11.3 Å². The van der Waals surface area contributed by atoms with Crippen molar-refractivity contribution in [3.63, 3.8) is 0 Å². The molecule has 1 heterocycles. The zero-order valence-electron chi connectivity index (χ0n) is 15.6. The predicted molar refractivity (Wildman–Crippen MR) is 113 cm³/mol. The zero-order chi connectivity index (χ0) is 22.6. The molecule has 0 spiro atoms. The van der Waals surface area contributed by atoms with E-state index in [9.17, 15) is 22.8 Å². The average Bonchev–Trinajstić information content (AvgIpc) is 3.11. The topological polar surface area (TPSA) is 145 Å². The van der Waals surface area contributed by atoms with Gasteiger partial charge in [0.25, 0.3) is 11.8 Å². The monoisotopic (exact) mass is 493 g/mol. The second-order valence-corrected chi connectivity index (χ2v) is 9.46. The molecule has 0 fully saturated rings. The maximum absolute atomic E-state index is 12.4. The predicted octanol–water partition coefficient (Wildman–Crippen LogP) is 2.39. The quantitative estimate of drug-likeness (QED) is 0.481. The summed E-state index contributed by atoms with van der Waals surface area (Å²) in [5, 5.41) is 4.42. The molecule has 0 aliphatic heterocycles. The van der Waals surface area contributed by atoms with Crippen molar-refractivity contribution in [1.82, 2.24) is 4.72 Å². The van der Waals surface area contributed by atoms with E-state index in [1.165, 1.54) is 32.0 Å². The fraction of sp³-hybridized carbons (Fsp3) is 0.235. The van der Waals surface area contributed by atoms with E-state index >= 15 is 0 Å². The van der Waals surface area contributed by atoms with Crippen LogP contribution in [0.4, 0.5) is 5.00 Å². The number of benzene rings is 1. The number of ether oxygens (including phenoxy) is 1. The maximum atomic E-state index is 12.4. The van der Waals surface area contributed by atoms with Gasteiger partial charge in [0.1, 0.15) is 11.0 Å². The van der Waals surface area contributed by atoms with Crippen molar-refractivity contribution in [1.29, 1.82) is 0 Å². The number of carbonyl (C=O) groups is 3. The largest absolute Gasteiger partial charge is 0.451 e. The minimum absolute atomic E-state index is 0.0315. The number of carbonyl (C=O) groups excluding carboxylic acids is 3. The van der Waals surface area contributed by atoms with Gasteiger partial charge >= 0.3 is 5.97 Å². The van der Waals surface area contributed by atoms with Crippen LogP contribution >= 0.6 is 34.5 Å². The van der Waals surface area contributed by atoms with E-state index in [1.54, 1.807) is 5.38 Å². The highest BCUT2D eigenvalue weighted by Gasteiger charge is 2.27. The van der Waals surface area contributed by atoms with Crippen molar-refractivity contribution >= 4 is 67.3 Å². The Morgan fingerprint density at radius 2 is 1.80 bits per heavy atom. The van der Waals surface area contributed by atoms with Gasteiger partial charge in [0.15, 0.2) is 6.10 Å². The molecule has 0 aliphatic carbocycles. The average molecular weight is 494 g/mol. The number of hydrogen-bond donors (Lipinski definition) is 3. The highest BCUT2D eigenvalue weighted by Crippen LogP contribution is 2.25. The highest BCUT2D eigenvalue weighted by atomic mass is 35.5. The molecule has 30 heavy (non-hydrogen) atoms. The van der Waals surface area contributed by atoms with Gasteiger partial charge in [-0.1, -0.05) is 23.2 Å². The first-order valence-corrected chi connectivity index (χ1v) is 11.4. The molecule has 13 heteroatoms. The third-order valence-corrected chi connectivity index (χ3v) is 6.82. The third kappa shape index (κ3) is 5.92. The summed E-state index contributed by atoms with van der Waals surface area (Å²) in [6, 6.07) is 3.81. The zero-order valence-corrected chi connectivity index (χ0v) is 18.8. The number of nitrogens with two attached hydrogens (primary N) is 1. The van der Waals surface area contributed by atoms with E-state index in [2.05, 4.69) is 10.0 Å².